The Hall–Kier alpha value is 0.270. The van der Waals surface area contributed by atoms with E-state index in [0.29, 0.717) is 6.04 Å². The number of thioether (sulfide) groups is 1. The van der Waals surface area contributed by atoms with Crippen molar-refractivity contribution < 1.29 is 0 Å². The molecule has 2 nitrogen and oxygen atoms in total. The molecule has 0 aromatic rings. The van der Waals surface area contributed by atoms with E-state index in [2.05, 4.69) is 30.6 Å². The molecule has 0 bridgehead atoms. The highest BCUT2D eigenvalue weighted by atomic mass is 32.2. The lowest BCUT2D eigenvalue weighted by Gasteiger charge is -2.34. The molecule has 12 heavy (non-hydrogen) atoms. The smallest absolute Gasteiger partial charge is 0.0190 e. The SMILES string of the molecule is CC(CN)N(C)C1CCCSC1. The van der Waals surface area contributed by atoms with Gasteiger partial charge in [0.1, 0.15) is 0 Å². The number of hydrogen-bond donors (Lipinski definition) is 1. The van der Waals surface area contributed by atoms with E-state index in [-0.39, 0.29) is 0 Å². The molecule has 0 aromatic carbocycles. The summed E-state index contributed by atoms with van der Waals surface area (Å²) in [6.07, 6.45) is 2.73. The Morgan fingerprint density at radius 2 is 2.42 bits per heavy atom. The molecule has 0 radical (unpaired) electrons. The number of rotatable bonds is 3. The van der Waals surface area contributed by atoms with E-state index in [1.807, 2.05) is 0 Å². The van der Waals surface area contributed by atoms with Crippen LogP contribution in [-0.4, -0.2) is 42.1 Å². The first kappa shape index (κ1) is 10.4. The van der Waals surface area contributed by atoms with Crippen molar-refractivity contribution in [2.24, 2.45) is 5.73 Å². The summed E-state index contributed by atoms with van der Waals surface area (Å²) >= 11 is 2.08. The summed E-state index contributed by atoms with van der Waals surface area (Å²) in [6.45, 7) is 2.98. The monoisotopic (exact) mass is 188 g/mol. The quantitative estimate of drug-likeness (QED) is 0.721. The van der Waals surface area contributed by atoms with E-state index in [1.165, 1.54) is 24.3 Å². The summed E-state index contributed by atoms with van der Waals surface area (Å²) in [6, 6.07) is 1.30. The first-order valence-corrected chi connectivity index (χ1v) is 5.91. The van der Waals surface area contributed by atoms with Gasteiger partial charge in [-0.3, -0.25) is 4.90 Å². The molecule has 1 aliphatic rings. The molecule has 1 saturated heterocycles. The third-order valence-electron chi connectivity index (χ3n) is 2.75. The molecule has 0 saturated carbocycles. The van der Waals surface area contributed by atoms with E-state index >= 15 is 0 Å². The molecule has 3 heteroatoms. The molecule has 0 aromatic heterocycles. The Kier molecular flexibility index (Phi) is 4.40. The van der Waals surface area contributed by atoms with Crippen LogP contribution in [0.2, 0.25) is 0 Å². The minimum Gasteiger partial charge on any atom is -0.329 e. The summed E-state index contributed by atoms with van der Waals surface area (Å²) < 4.78 is 0. The molecule has 1 fully saturated rings. The average Bonchev–Trinajstić information content (AvgIpc) is 2.17. The predicted octanol–water partition coefficient (Wildman–Crippen LogP) is 1.16. The van der Waals surface area contributed by atoms with Gasteiger partial charge in [0.15, 0.2) is 0 Å². The maximum Gasteiger partial charge on any atom is 0.0190 e. The molecule has 2 atom stereocenters. The third kappa shape index (κ3) is 2.64. The Bertz CT molecular complexity index is 124. The van der Waals surface area contributed by atoms with Crippen molar-refractivity contribution in [1.29, 1.82) is 0 Å². The van der Waals surface area contributed by atoms with Crippen LogP contribution in [0.3, 0.4) is 0 Å². The van der Waals surface area contributed by atoms with Crippen molar-refractivity contribution in [3.8, 4) is 0 Å². The van der Waals surface area contributed by atoms with Crippen molar-refractivity contribution >= 4 is 11.8 Å². The van der Waals surface area contributed by atoms with Gasteiger partial charge >= 0.3 is 0 Å². The Labute approximate surface area is 79.9 Å². The highest BCUT2D eigenvalue weighted by Crippen LogP contribution is 2.21. The van der Waals surface area contributed by atoms with E-state index < -0.39 is 0 Å². The second-order valence-corrected chi connectivity index (χ2v) is 4.77. The van der Waals surface area contributed by atoms with Gasteiger partial charge in [0.05, 0.1) is 0 Å². The lowest BCUT2D eigenvalue weighted by Crippen LogP contribution is -2.44. The Balaban J connectivity index is 2.33. The largest absolute Gasteiger partial charge is 0.329 e. The maximum atomic E-state index is 5.63. The van der Waals surface area contributed by atoms with Crippen LogP contribution in [0.25, 0.3) is 0 Å². The van der Waals surface area contributed by atoms with Crippen molar-refractivity contribution in [3.05, 3.63) is 0 Å². The molecule has 0 amide bonds. The molecular weight excluding hydrogens is 168 g/mol. The first-order chi connectivity index (χ1) is 5.75. The van der Waals surface area contributed by atoms with Crippen LogP contribution in [0.5, 0.6) is 0 Å². The minimum absolute atomic E-state index is 0.536. The topological polar surface area (TPSA) is 29.3 Å². The highest BCUT2D eigenvalue weighted by Gasteiger charge is 2.20. The normalized spacial score (nSPS) is 27.5. The van der Waals surface area contributed by atoms with Gasteiger partial charge in [-0.1, -0.05) is 0 Å². The second-order valence-electron chi connectivity index (χ2n) is 3.62. The summed E-state index contributed by atoms with van der Waals surface area (Å²) in [4.78, 5) is 2.44. The van der Waals surface area contributed by atoms with E-state index in [0.717, 1.165) is 12.6 Å². The molecule has 1 heterocycles. The predicted molar refractivity (Wildman–Crippen MR) is 56.6 cm³/mol. The van der Waals surface area contributed by atoms with Crippen LogP contribution in [0.1, 0.15) is 19.8 Å². The zero-order valence-corrected chi connectivity index (χ0v) is 8.94. The second kappa shape index (κ2) is 5.10. The third-order valence-corrected chi connectivity index (χ3v) is 3.95. The first-order valence-electron chi connectivity index (χ1n) is 4.75. The van der Waals surface area contributed by atoms with Crippen LogP contribution in [-0.2, 0) is 0 Å². The summed E-state index contributed by atoms with van der Waals surface area (Å²) in [5.41, 5.74) is 5.63. The van der Waals surface area contributed by atoms with Crippen molar-refractivity contribution in [3.63, 3.8) is 0 Å². The van der Waals surface area contributed by atoms with E-state index in [1.54, 1.807) is 0 Å². The molecule has 2 unspecified atom stereocenters. The lowest BCUT2D eigenvalue weighted by atomic mass is 10.1. The number of nitrogens with zero attached hydrogens (tertiary/aromatic N) is 1. The van der Waals surface area contributed by atoms with Crippen molar-refractivity contribution in [2.45, 2.75) is 31.8 Å². The molecule has 1 aliphatic heterocycles. The number of nitrogens with two attached hydrogens (primary N) is 1. The molecular formula is C9H20N2S. The molecule has 0 aliphatic carbocycles. The lowest BCUT2D eigenvalue weighted by molar-refractivity contribution is 0.192. The molecule has 1 rings (SSSR count). The molecule has 2 N–H and O–H groups in total. The van der Waals surface area contributed by atoms with Gasteiger partial charge < -0.3 is 5.73 Å². The Morgan fingerprint density at radius 3 is 2.92 bits per heavy atom. The van der Waals surface area contributed by atoms with Gasteiger partial charge in [-0.15, -0.1) is 0 Å². The zero-order chi connectivity index (χ0) is 8.97. The van der Waals surface area contributed by atoms with Gasteiger partial charge in [0, 0.05) is 24.4 Å². The number of likely N-dealkylation sites (N-methyl/N-ethyl adjacent to an activating group) is 1. The molecule has 0 spiro atoms. The van der Waals surface area contributed by atoms with E-state index in [9.17, 15) is 0 Å². The maximum absolute atomic E-state index is 5.63. The minimum atomic E-state index is 0.536. The van der Waals surface area contributed by atoms with Gasteiger partial charge in [-0.05, 0) is 32.6 Å². The standard InChI is InChI=1S/C9H20N2S/c1-8(6-10)11(2)9-4-3-5-12-7-9/h8-9H,3-7,10H2,1-2H3. The zero-order valence-electron chi connectivity index (χ0n) is 8.12. The average molecular weight is 188 g/mol. The molecule has 72 valence electrons. The van der Waals surface area contributed by atoms with Gasteiger partial charge in [0.2, 0.25) is 0 Å². The van der Waals surface area contributed by atoms with E-state index in [4.69, 9.17) is 5.73 Å². The van der Waals surface area contributed by atoms with Crippen LogP contribution >= 0.6 is 11.8 Å². The van der Waals surface area contributed by atoms with Crippen molar-refractivity contribution in [2.75, 3.05) is 25.1 Å². The van der Waals surface area contributed by atoms with Gasteiger partial charge in [-0.2, -0.15) is 11.8 Å². The summed E-state index contributed by atoms with van der Waals surface area (Å²) in [5, 5.41) is 0. The van der Waals surface area contributed by atoms with Crippen LogP contribution in [0.15, 0.2) is 0 Å². The fourth-order valence-corrected chi connectivity index (χ4v) is 2.78. The van der Waals surface area contributed by atoms with Crippen molar-refractivity contribution in [1.82, 2.24) is 4.90 Å². The van der Waals surface area contributed by atoms with Gasteiger partial charge in [-0.25, -0.2) is 0 Å². The van der Waals surface area contributed by atoms with Gasteiger partial charge in [0.25, 0.3) is 0 Å². The Morgan fingerprint density at radius 1 is 1.67 bits per heavy atom. The fraction of sp³-hybridized carbons (Fsp3) is 1.00. The number of hydrogen-bond acceptors (Lipinski definition) is 3. The summed E-state index contributed by atoms with van der Waals surface area (Å²) in [7, 11) is 2.20. The summed E-state index contributed by atoms with van der Waals surface area (Å²) in [5.74, 6) is 2.64. The fourth-order valence-electron chi connectivity index (χ4n) is 1.57. The van der Waals surface area contributed by atoms with Crippen LogP contribution in [0, 0.1) is 0 Å². The van der Waals surface area contributed by atoms with Crippen LogP contribution < -0.4 is 5.73 Å². The van der Waals surface area contributed by atoms with Crippen LogP contribution in [0.4, 0.5) is 0 Å². The highest BCUT2D eigenvalue weighted by molar-refractivity contribution is 7.99.